The molecule has 1 fully saturated rings. The first kappa shape index (κ1) is 17.5. The predicted octanol–water partition coefficient (Wildman–Crippen LogP) is 2.69. The van der Waals surface area contributed by atoms with Crippen LogP contribution >= 0.6 is 0 Å². The molecular formula is C20H25N3O2. The van der Waals surface area contributed by atoms with E-state index in [1.807, 2.05) is 48.5 Å². The van der Waals surface area contributed by atoms with E-state index in [0.29, 0.717) is 0 Å². The second kappa shape index (κ2) is 8.65. The third kappa shape index (κ3) is 5.05. The number of aliphatic hydroxyl groups is 1. The summed E-state index contributed by atoms with van der Waals surface area (Å²) in [6, 6.07) is 19.4. The Kier molecular flexibility index (Phi) is 6.04. The van der Waals surface area contributed by atoms with Crippen LogP contribution in [0.5, 0.6) is 0 Å². The molecule has 2 aromatic rings. The van der Waals surface area contributed by atoms with Crippen molar-refractivity contribution >= 4 is 11.7 Å². The maximum atomic E-state index is 12.3. The topological polar surface area (TPSA) is 64.6 Å². The highest BCUT2D eigenvalue weighted by atomic mass is 16.3. The SMILES string of the molecule is O=C(Nc1ccccc1)N[C@@H]1CN(Cc2ccccc2)CC[C@H]1CO. The van der Waals surface area contributed by atoms with Crippen molar-refractivity contribution in [3.05, 3.63) is 66.2 Å². The number of nitrogens with one attached hydrogen (secondary N) is 2. The van der Waals surface area contributed by atoms with Crippen LogP contribution in [-0.2, 0) is 6.54 Å². The van der Waals surface area contributed by atoms with Crippen molar-refractivity contribution in [2.24, 2.45) is 5.92 Å². The van der Waals surface area contributed by atoms with E-state index in [0.717, 1.165) is 31.7 Å². The van der Waals surface area contributed by atoms with Gasteiger partial charge in [0.05, 0.1) is 0 Å². The van der Waals surface area contributed by atoms with Crippen LogP contribution in [0.15, 0.2) is 60.7 Å². The molecule has 132 valence electrons. The third-order valence-electron chi connectivity index (χ3n) is 4.67. The zero-order valence-corrected chi connectivity index (χ0v) is 14.3. The lowest BCUT2D eigenvalue weighted by molar-refractivity contribution is 0.0958. The smallest absolute Gasteiger partial charge is 0.319 e. The van der Waals surface area contributed by atoms with Crippen LogP contribution in [0.3, 0.4) is 0 Å². The number of para-hydroxylation sites is 1. The Hall–Kier alpha value is -2.37. The summed E-state index contributed by atoms with van der Waals surface area (Å²) in [4.78, 5) is 14.6. The molecule has 2 amide bonds. The van der Waals surface area contributed by atoms with E-state index in [2.05, 4.69) is 27.7 Å². The molecule has 3 N–H and O–H groups in total. The molecule has 0 spiro atoms. The number of aliphatic hydroxyl groups excluding tert-OH is 1. The summed E-state index contributed by atoms with van der Waals surface area (Å²) in [5, 5.41) is 15.5. The average Bonchev–Trinajstić information content (AvgIpc) is 2.63. The van der Waals surface area contributed by atoms with Gasteiger partial charge in [-0.05, 0) is 30.7 Å². The molecule has 2 aromatic carbocycles. The molecule has 1 saturated heterocycles. The number of anilines is 1. The Bertz CT molecular complexity index is 663. The minimum atomic E-state index is -0.226. The van der Waals surface area contributed by atoms with E-state index in [-0.39, 0.29) is 24.6 Å². The number of benzene rings is 2. The summed E-state index contributed by atoms with van der Waals surface area (Å²) in [7, 11) is 0. The van der Waals surface area contributed by atoms with Crippen molar-refractivity contribution in [2.75, 3.05) is 25.0 Å². The normalized spacial score (nSPS) is 20.8. The monoisotopic (exact) mass is 339 g/mol. The second-order valence-corrected chi connectivity index (χ2v) is 6.52. The van der Waals surface area contributed by atoms with E-state index >= 15 is 0 Å². The maximum absolute atomic E-state index is 12.3. The maximum Gasteiger partial charge on any atom is 0.319 e. The van der Waals surface area contributed by atoms with Crippen molar-refractivity contribution in [1.82, 2.24) is 10.2 Å². The minimum absolute atomic E-state index is 0.0637. The molecule has 3 rings (SSSR count). The highest BCUT2D eigenvalue weighted by Gasteiger charge is 2.30. The lowest BCUT2D eigenvalue weighted by Gasteiger charge is -2.38. The van der Waals surface area contributed by atoms with Gasteiger partial charge in [-0.15, -0.1) is 0 Å². The molecule has 25 heavy (non-hydrogen) atoms. The Balaban J connectivity index is 1.58. The Morgan fingerprint density at radius 3 is 2.44 bits per heavy atom. The van der Waals surface area contributed by atoms with Crippen molar-refractivity contribution in [2.45, 2.75) is 19.0 Å². The van der Waals surface area contributed by atoms with E-state index in [4.69, 9.17) is 0 Å². The summed E-state index contributed by atoms with van der Waals surface area (Å²) in [5.41, 5.74) is 2.02. The molecule has 0 unspecified atom stereocenters. The van der Waals surface area contributed by atoms with Crippen molar-refractivity contribution in [3.63, 3.8) is 0 Å². The summed E-state index contributed by atoms with van der Waals surface area (Å²) < 4.78 is 0. The molecule has 1 aliphatic heterocycles. The molecule has 2 atom stereocenters. The van der Waals surface area contributed by atoms with Gasteiger partial charge in [-0.1, -0.05) is 48.5 Å². The lowest BCUT2D eigenvalue weighted by atomic mass is 9.92. The third-order valence-corrected chi connectivity index (χ3v) is 4.67. The van der Waals surface area contributed by atoms with Gasteiger partial charge in [0.1, 0.15) is 0 Å². The summed E-state index contributed by atoms with van der Waals surface area (Å²) in [6.45, 7) is 2.62. The van der Waals surface area contributed by atoms with Crippen molar-refractivity contribution in [1.29, 1.82) is 0 Å². The number of carbonyl (C=O) groups is 1. The molecule has 1 heterocycles. The van der Waals surface area contributed by atoms with Gasteiger partial charge in [-0.25, -0.2) is 4.79 Å². The largest absolute Gasteiger partial charge is 0.396 e. The molecule has 0 saturated carbocycles. The Morgan fingerprint density at radius 1 is 1.08 bits per heavy atom. The van der Waals surface area contributed by atoms with E-state index in [9.17, 15) is 9.90 Å². The van der Waals surface area contributed by atoms with Gasteiger partial charge < -0.3 is 15.7 Å². The highest BCUT2D eigenvalue weighted by Crippen LogP contribution is 2.19. The molecule has 0 aliphatic carbocycles. The number of nitrogens with zero attached hydrogens (tertiary/aromatic N) is 1. The molecule has 1 aliphatic rings. The first-order valence-corrected chi connectivity index (χ1v) is 8.74. The number of hydrogen-bond acceptors (Lipinski definition) is 3. The van der Waals surface area contributed by atoms with Gasteiger partial charge in [-0.3, -0.25) is 4.90 Å². The van der Waals surface area contributed by atoms with Crippen LogP contribution in [0.2, 0.25) is 0 Å². The summed E-state index contributed by atoms with van der Waals surface area (Å²) >= 11 is 0. The molecule has 0 radical (unpaired) electrons. The minimum Gasteiger partial charge on any atom is -0.396 e. The summed E-state index contributed by atoms with van der Waals surface area (Å²) in [6.07, 6.45) is 0.875. The zero-order valence-electron chi connectivity index (χ0n) is 14.3. The Morgan fingerprint density at radius 2 is 1.76 bits per heavy atom. The van der Waals surface area contributed by atoms with Gasteiger partial charge in [0.2, 0.25) is 0 Å². The van der Waals surface area contributed by atoms with Gasteiger partial charge in [0, 0.05) is 37.3 Å². The summed E-state index contributed by atoms with van der Waals surface area (Å²) in [5.74, 6) is 0.0912. The molecule has 5 nitrogen and oxygen atoms in total. The number of piperidine rings is 1. The van der Waals surface area contributed by atoms with Gasteiger partial charge in [-0.2, -0.15) is 0 Å². The fourth-order valence-corrected chi connectivity index (χ4v) is 3.29. The van der Waals surface area contributed by atoms with Crippen LogP contribution < -0.4 is 10.6 Å². The second-order valence-electron chi connectivity index (χ2n) is 6.52. The highest BCUT2D eigenvalue weighted by molar-refractivity contribution is 5.89. The van der Waals surface area contributed by atoms with Crippen molar-refractivity contribution < 1.29 is 9.90 Å². The van der Waals surface area contributed by atoms with Gasteiger partial charge in [0.15, 0.2) is 0 Å². The molecular weight excluding hydrogens is 314 g/mol. The van der Waals surface area contributed by atoms with Gasteiger partial charge in [0.25, 0.3) is 0 Å². The number of hydrogen-bond donors (Lipinski definition) is 3. The van der Waals surface area contributed by atoms with Crippen LogP contribution in [0.1, 0.15) is 12.0 Å². The quantitative estimate of drug-likeness (QED) is 0.785. The fraction of sp³-hybridized carbons (Fsp3) is 0.350. The number of amides is 2. The number of urea groups is 1. The van der Waals surface area contributed by atoms with Crippen LogP contribution in [0, 0.1) is 5.92 Å². The van der Waals surface area contributed by atoms with Crippen molar-refractivity contribution in [3.8, 4) is 0 Å². The molecule has 0 bridgehead atoms. The van der Waals surface area contributed by atoms with E-state index in [1.165, 1.54) is 5.56 Å². The first-order valence-electron chi connectivity index (χ1n) is 8.74. The molecule has 0 aromatic heterocycles. The zero-order chi connectivity index (χ0) is 17.5. The van der Waals surface area contributed by atoms with Crippen LogP contribution in [0.25, 0.3) is 0 Å². The van der Waals surface area contributed by atoms with Gasteiger partial charge >= 0.3 is 6.03 Å². The van der Waals surface area contributed by atoms with E-state index < -0.39 is 0 Å². The fourth-order valence-electron chi connectivity index (χ4n) is 3.29. The number of likely N-dealkylation sites (tertiary alicyclic amines) is 1. The Labute approximate surface area is 148 Å². The van der Waals surface area contributed by atoms with E-state index in [1.54, 1.807) is 0 Å². The number of rotatable bonds is 5. The van der Waals surface area contributed by atoms with Crippen LogP contribution in [0.4, 0.5) is 10.5 Å². The standard InChI is InChI=1S/C20H25N3O2/c24-15-17-11-12-23(13-16-7-3-1-4-8-16)14-19(17)22-20(25)21-18-9-5-2-6-10-18/h1-10,17,19,24H,11-15H2,(H2,21,22,25)/t17-,19+/m0/s1. The van der Waals surface area contributed by atoms with Crippen LogP contribution in [-0.4, -0.2) is 41.8 Å². The lowest BCUT2D eigenvalue weighted by Crippen LogP contribution is -2.54. The first-order chi connectivity index (χ1) is 12.2. The molecule has 5 heteroatoms. The average molecular weight is 339 g/mol. The predicted molar refractivity (Wildman–Crippen MR) is 99.3 cm³/mol. The number of carbonyl (C=O) groups excluding carboxylic acids is 1.